The summed E-state index contributed by atoms with van der Waals surface area (Å²) >= 11 is 0. The Balaban J connectivity index is 2.54. The summed E-state index contributed by atoms with van der Waals surface area (Å²) in [5, 5.41) is 7.69. The summed E-state index contributed by atoms with van der Waals surface area (Å²) in [5.41, 5.74) is 1.20. The molecule has 4 nitrogen and oxygen atoms in total. The fourth-order valence-electron chi connectivity index (χ4n) is 1.73. The van der Waals surface area contributed by atoms with Crippen molar-refractivity contribution in [2.45, 2.75) is 32.4 Å². The number of hydrogen-bond acceptors (Lipinski definition) is 3. The number of methoxy groups -OCH3 is 1. The lowest BCUT2D eigenvalue weighted by atomic mass is 10.1. The molecular weight excluding hydrogens is 190 g/mol. The lowest BCUT2D eigenvalue weighted by Gasteiger charge is -2.21. The van der Waals surface area contributed by atoms with E-state index >= 15 is 0 Å². The number of nitrogens with one attached hydrogen (secondary N) is 1. The van der Waals surface area contributed by atoms with Crippen molar-refractivity contribution in [2.24, 2.45) is 7.05 Å². The predicted octanol–water partition coefficient (Wildman–Crippen LogP) is 1.50. The quantitative estimate of drug-likeness (QED) is 0.775. The summed E-state index contributed by atoms with van der Waals surface area (Å²) < 4.78 is 7.06. The van der Waals surface area contributed by atoms with Crippen molar-refractivity contribution in [3.05, 3.63) is 18.0 Å². The van der Waals surface area contributed by atoms with Crippen LogP contribution in [-0.4, -0.2) is 29.5 Å². The molecule has 1 heterocycles. The molecule has 0 aliphatic carbocycles. The Bertz CT molecular complexity index is 285. The standard InChI is InChI=1S/C11H21N3O/c1-5-10(8-15-4)13-9(2)11-6-7-12-14(11)3/h6-7,9-10,13H,5,8H2,1-4H3. The van der Waals surface area contributed by atoms with E-state index in [0.717, 1.165) is 13.0 Å². The van der Waals surface area contributed by atoms with E-state index in [-0.39, 0.29) is 0 Å². The molecule has 0 radical (unpaired) electrons. The van der Waals surface area contributed by atoms with Gasteiger partial charge in [0.1, 0.15) is 0 Å². The fourth-order valence-corrected chi connectivity index (χ4v) is 1.73. The highest BCUT2D eigenvalue weighted by Gasteiger charge is 2.13. The highest BCUT2D eigenvalue weighted by molar-refractivity contribution is 5.05. The van der Waals surface area contributed by atoms with E-state index in [0.29, 0.717) is 12.1 Å². The Hall–Kier alpha value is -0.870. The first-order valence-electron chi connectivity index (χ1n) is 5.41. The normalized spacial score (nSPS) is 15.2. The number of aromatic nitrogens is 2. The van der Waals surface area contributed by atoms with Gasteiger partial charge < -0.3 is 10.1 Å². The monoisotopic (exact) mass is 211 g/mol. The molecule has 2 unspecified atom stereocenters. The third kappa shape index (κ3) is 3.32. The van der Waals surface area contributed by atoms with Gasteiger partial charge in [0.2, 0.25) is 0 Å². The second-order valence-electron chi connectivity index (χ2n) is 3.83. The fraction of sp³-hybridized carbons (Fsp3) is 0.727. The van der Waals surface area contributed by atoms with Crippen LogP contribution in [0.25, 0.3) is 0 Å². The third-order valence-electron chi connectivity index (χ3n) is 2.65. The maximum Gasteiger partial charge on any atom is 0.0615 e. The van der Waals surface area contributed by atoms with Crippen molar-refractivity contribution in [1.82, 2.24) is 15.1 Å². The Morgan fingerprint density at radius 1 is 1.60 bits per heavy atom. The Morgan fingerprint density at radius 2 is 2.33 bits per heavy atom. The van der Waals surface area contributed by atoms with Gasteiger partial charge in [-0.15, -0.1) is 0 Å². The lowest BCUT2D eigenvalue weighted by Crippen LogP contribution is -2.35. The number of ether oxygens (including phenoxy) is 1. The number of aryl methyl sites for hydroxylation is 1. The lowest BCUT2D eigenvalue weighted by molar-refractivity contribution is 0.159. The van der Waals surface area contributed by atoms with Gasteiger partial charge in [-0.25, -0.2) is 0 Å². The summed E-state index contributed by atoms with van der Waals surface area (Å²) in [5.74, 6) is 0. The Kier molecular flexibility index (Phi) is 4.78. The molecule has 1 rings (SSSR count). The molecule has 0 aliphatic rings. The minimum atomic E-state index is 0.303. The van der Waals surface area contributed by atoms with E-state index in [9.17, 15) is 0 Å². The van der Waals surface area contributed by atoms with Crippen LogP contribution in [-0.2, 0) is 11.8 Å². The SMILES string of the molecule is CCC(COC)NC(C)c1ccnn1C. The van der Waals surface area contributed by atoms with Gasteiger partial charge in [-0.2, -0.15) is 5.10 Å². The molecule has 0 amide bonds. The van der Waals surface area contributed by atoms with Crippen molar-refractivity contribution in [3.8, 4) is 0 Å². The van der Waals surface area contributed by atoms with Gasteiger partial charge in [0.15, 0.2) is 0 Å². The predicted molar refractivity (Wildman–Crippen MR) is 60.7 cm³/mol. The van der Waals surface area contributed by atoms with Gasteiger partial charge in [0, 0.05) is 32.4 Å². The van der Waals surface area contributed by atoms with Crippen molar-refractivity contribution in [1.29, 1.82) is 0 Å². The second kappa shape index (κ2) is 5.88. The van der Waals surface area contributed by atoms with Gasteiger partial charge in [0.25, 0.3) is 0 Å². The minimum Gasteiger partial charge on any atom is -0.383 e. The summed E-state index contributed by atoms with van der Waals surface area (Å²) in [6.45, 7) is 5.06. The molecule has 0 saturated heterocycles. The van der Waals surface area contributed by atoms with Crippen LogP contribution in [0.2, 0.25) is 0 Å². The largest absolute Gasteiger partial charge is 0.383 e. The zero-order valence-electron chi connectivity index (χ0n) is 10.0. The molecule has 1 aromatic rings. The van der Waals surface area contributed by atoms with E-state index in [1.165, 1.54) is 5.69 Å². The first-order chi connectivity index (χ1) is 7.19. The van der Waals surface area contributed by atoms with Crippen molar-refractivity contribution >= 4 is 0 Å². The highest BCUT2D eigenvalue weighted by Crippen LogP contribution is 2.11. The molecule has 0 fully saturated rings. The van der Waals surface area contributed by atoms with Crippen LogP contribution in [0.3, 0.4) is 0 Å². The van der Waals surface area contributed by atoms with Crippen molar-refractivity contribution in [3.63, 3.8) is 0 Å². The maximum atomic E-state index is 5.16. The summed E-state index contributed by atoms with van der Waals surface area (Å²) in [6.07, 6.45) is 2.89. The molecular formula is C11H21N3O. The molecule has 1 aromatic heterocycles. The van der Waals surface area contributed by atoms with Gasteiger partial charge in [-0.1, -0.05) is 6.92 Å². The van der Waals surface area contributed by atoms with Crippen LogP contribution < -0.4 is 5.32 Å². The first-order valence-corrected chi connectivity index (χ1v) is 5.41. The summed E-state index contributed by atoms with van der Waals surface area (Å²) in [6, 6.07) is 2.74. The molecule has 0 aliphatic heterocycles. The Morgan fingerprint density at radius 3 is 2.80 bits per heavy atom. The first kappa shape index (κ1) is 12.2. The number of hydrogen-bond donors (Lipinski definition) is 1. The zero-order valence-corrected chi connectivity index (χ0v) is 10.0. The van der Waals surface area contributed by atoms with Crippen LogP contribution in [0.1, 0.15) is 32.0 Å². The third-order valence-corrected chi connectivity index (χ3v) is 2.65. The molecule has 0 saturated carbocycles. The molecule has 0 spiro atoms. The average Bonchev–Trinajstić information content (AvgIpc) is 2.63. The van der Waals surface area contributed by atoms with E-state index < -0.39 is 0 Å². The van der Waals surface area contributed by atoms with Crippen LogP contribution in [0.15, 0.2) is 12.3 Å². The molecule has 2 atom stereocenters. The smallest absolute Gasteiger partial charge is 0.0615 e. The molecule has 0 aromatic carbocycles. The van der Waals surface area contributed by atoms with E-state index in [1.54, 1.807) is 7.11 Å². The zero-order chi connectivity index (χ0) is 11.3. The van der Waals surface area contributed by atoms with E-state index in [2.05, 4.69) is 24.3 Å². The van der Waals surface area contributed by atoms with Crippen LogP contribution in [0, 0.1) is 0 Å². The second-order valence-corrected chi connectivity index (χ2v) is 3.83. The van der Waals surface area contributed by atoms with E-state index in [4.69, 9.17) is 4.74 Å². The minimum absolute atomic E-state index is 0.303. The number of nitrogens with zero attached hydrogens (tertiary/aromatic N) is 2. The van der Waals surface area contributed by atoms with Crippen molar-refractivity contribution in [2.75, 3.05) is 13.7 Å². The Labute approximate surface area is 91.6 Å². The molecule has 15 heavy (non-hydrogen) atoms. The highest BCUT2D eigenvalue weighted by atomic mass is 16.5. The average molecular weight is 211 g/mol. The topological polar surface area (TPSA) is 39.1 Å². The molecule has 0 bridgehead atoms. The van der Waals surface area contributed by atoms with Gasteiger partial charge in [-0.05, 0) is 19.4 Å². The summed E-state index contributed by atoms with van der Waals surface area (Å²) in [7, 11) is 3.70. The van der Waals surface area contributed by atoms with E-state index in [1.807, 2.05) is 24.0 Å². The number of rotatable bonds is 6. The molecule has 4 heteroatoms. The molecule has 1 N–H and O–H groups in total. The maximum absolute atomic E-state index is 5.16. The van der Waals surface area contributed by atoms with Crippen LogP contribution >= 0.6 is 0 Å². The van der Waals surface area contributed by atoms with Gasteiger partial charge in [-0.3, -0.25) is 4.68 Å². The van der Waals surface area contributed by atoms with Gasteiger partial charge >= 0.3 is 0 Å². The summed E-state index contributed by atoms with van der Waals surface area (Å²) in [4.78, 5) is 0. The molecule has 86 valence electrons. The van der Waals surface area contributed by atoms with Gasteiger partial charge in [0.05, 0.1) is 12.3 Å². The van der Waals surface area contributed by atoms with Crippen LogP contribution in [0.4, 0.5) is 0 Å². The van der Waals surface area contributed by atoms with Crippen molar-refractivity contribution < 1.29 is 4.74 Å². The van der Waals surface area contributed by atoms with Crippen LogP contribution in [0.5, 0.6) is 0 Å².